The number of hydrogen-bond acceptors (Lipinski definition) is 1. The first-order valence-corrected chi connectivity index (χ1v) is 5.27. The molecule has 1 aromatic carbocycles. The highest BCUT2D eigenvalue weighted by atomic mass is 35.5. The summed E-state index contributed by atoms with van der Waals surface area (Å²) in [6.45, 7) is 0. The second-order valence-corrected chi connectivity index (χ2v) is 4.19. The molecule has 0 aliphatic heterocycles. The zero-order valence-electron chi connectivity index (χ0n) is 9.72. The lowest BCUT2D eigenvalue weighted by atomic mass is 9.94. The molecule has 125 valence electrons. The molecule has 0 atom stereocenters. The maximum Gasteiger partial charge on any atom is 0.573 e. The van der Waals surface area contributed by atoms with Crippen molar-refractivity contribution >= 4 is 11.6 Å². The Kier molecular flexibility index (Phi) is 4.54. The van der Waals surface area contributed by atoms with E-state index in [1.807, 2.05) is 0 Å². The molecule has 1 radical (unpaired) electrons. The van der Waals surface area contributed by atoms with Crippen molar-refractivity contribution in [3.05, 3.63) is 28.8 Å². The summed E-state index contributed by atoms with van der Waals surface area (Å²) in [5, 5.41) is -1.13. The lowest BCUT2D eigenvalue weighted by Gasteiger charge is -2.30. The zero-order valence-corrected chi connectivity index (χ0v) is 10.5. The van der Waals surface area contributed by atoms with Crippen LogP contribution in [0.5, 0.6) is 5.75 Å². The molecule has 0 bridgehead atoms. The van der Waals surface area contributed by atoms with Crippen LogP contribution in [0.3, 0.4) is 0 Å². The fraction of sp³-hybridized carbons (Fsp3) is 0.400. The van der Waals surface area contributed by atoms with Gasteiger partial charge in [-0.25, -0.2) is 4.39 Å². The van der Waals surface area contributed by atoms with E-state index in [0.29, 0.717) is 0 Å². The minimum absolute atomic E-state index is 0.147. The van der Waals surface area contributed by atoms with Crippen molar-refractivity contribution in [1.29, 1.82) is 0 Å². The van der Waals surface area contributed by atoms with E-state index >= 15 is 0 Å². The first-order chi connectivity index (χ1) is 9.58. The third kappa shape index (κ3) is 3.68. The van der Waals surface area contributed by atoms with E-state index in [1.54, 1.807) is 0 Å². The van der Waals surface area contributed by atoms with Gasteiger partial charge in [-0.2, -0.15) is 26.3 Å². The first-order valence-electron chi connectivity index (χ1n) is 4.89. The molecular weight excluding hydrogens is 362 g/mol. The van der Waals surface area contributed by atoms with E-state index in [2.05, 4.69) is 4.74 Å². The Bertz CT molecular complexity index is 530. The maximum absolute atomic E-state index is 13.7. The molecule has 22 heavy (non-hydrogen) atoms. The van der Waals surface area contributed by atoms with Gasteiger partial charge in [0.05, 0.1) is 5.02 Å². The molecule has 0 aliphatic rings. The van der Waals surface area contributed by atoms with Crippen molar-refractivity contribution < 1.29 is 48.6 Å². The highest BCUT2D eigenvalue weighted by Crippen LogP contribution is 2.54. The van der Waals surface area contributed by atoms with Gasteiger partial charge in [0.25, 0.3) is 0 Å². The predicted octanol–water partition coefficient (Wildman–Crippen LogP) is 5.33. The van der Waals surface area contributed by atoms with Crippen LogP contribution in [0.1, 0.15) is 5.56 Å². The van der Waals surface area contributed by atoms with Crippen LogP contribution in [0.25, 0.3) is 0 Å². The van der Waals surface area contributed by atoms with Gasteiger partial charge in [-0.3, -0.25) is 0 Å². The molecule has 1 nitrogen and oxygen atoms in total. The van der Waals surface area contributed by atoms with Gasteiger partial charge in [0.15, 0.2) is 0 Å². The zero-order chi connectivity index (χ0) is 17.6. The Morgan fingerprint density at radius 2 is 1.27 bits per heavy atom. The quantitative estimate of drug-likeness (QED) is 0.646. The Hall–Kier alpha value is -1.39. The van der Waals surface area contributed by atoms with E-state index in [9.17, 15) is 43.9 Å². The summed E-state index contributed by atoms with van der Waals surface area (Å²) in [5.74, 6) is -1.65. The van der Waals surface area contributed by atoms with Crippen LogP contribution in [0, 0.1) is 6.07 Å². The highest BCUT2D eigenvalue weighted by molar-refractivity contribution is 6.30. The van der Waals surface area contributed by atoms with Crippen molar-refractivity contribution in [2.45, 2.75) is 24.4 Å². The van der Waals surface area contributed by atoms with Gasteiger partial charge in [-0.1, -0.05) is 11.6 Å². The average Bonchev–Trinajstić information content (AvgIpc) is 2.21. The van der Waals surface area contributed by atoms with Crippen LogP contribution in [0.2, 0.25) is 5.02 Å². The van der Waals surface area contributed by atoms with Gasteiger partial charge >= 0.3 is 24.4 Å². The molecule has 0 saturated carbocycles. The van der Waals surface area contributed by atoms with Crippen LogP contribution in [0.15, 0.2) is 12.1 Å². The fourth-order valence-electron chi connectivity index (χ4n) is 1.38. The summed E-state index contributed by atoms with van der Waals surface area (Å²) in [7, 11) is 0. The molecule has 0 amide bonds. The molecule has 0 fully saturated rings. The van der Waals surface area contributed by atoms with E-state index in [0.717, 1.165) is 0 Å². The summed E-state index contributed by atoms with van der Waals surface area (Å²) in [4.78, 5) is 0. The van der Waals surface area contributed by atoms with Crippen LogP contribution < -0.4 is 4.74 Å². The van der Waals surface area contributed by atoms with Crippen LogP contribution in [0.4, 0.5) is 43.9 Å². The summed E-state index contributed by atoms with van der Waals surface area (Å²) >= 11 is 5.08. The molecule has 0 unspecified atom stereocenters. The average molecular weight is 364 g/mol. The Morgan fingerprint density at radius 3 is 1.64 bits per heavy atom. The number of hydrogen-bond donors (Lipinski definition) is 0. The second kappa shape index (κ2) is 5.36. The van der Waals surface area contributed by atoms with Gasteiger partial charge in [-0.05, 0) is 12.1 Å². The Morgan fingerprint density at radius 1 is 0.818 bits per heavy atom. The fourth-order valence-corrected chi connectivity index (χ4v) is 1.59. The normalized spacial score (nSPS) is 14.1. The van der Waals surface area contributed by atoms with Crippen molar-refractivity contribution in [3.63, 3.8) is 0 Å². The molecule has 12 heteroatoms. The van der Waals surface area contributed by atoms with E-state index in [4.69, 9.17) is 11.6 Å². The highest BCUT2D eigenvalue weighted by Gasteiger charge is 2.73. The summed E-state index contributed by atoms with van der Waals surface area (Å²) < 4.78 is 127. The maximum atomic E-state index is 13.7. The van der Waals surface area contributed by atoms with Gasteiger partial charge in [0.2, 0.25) is 0 Å². The molecule has 0 N–H and O–H groups in total. The Balaban J connectivity index is 3.52. The molecule has 0 spiro atoms. The largest absolute Gasteiger partial charge is 0.573 e. The molecule has 0 aliphatic carbocycles. The summed E-state index contributed by atoms with van der Waals surface area (Å²) in [6.07, 6.45) is -18.4. The van der Waals surface area contributed by atoms with Crippen molar-refractivity contribution in [2.24, 2.45) is 0 Å². The van der Waals surface area contributed by atoms with Gasteiger partial charge < -0.3 is 4.74 Å². The molecule has 0 heterocycles. The Labute approximate surface area is 120 Å². The van der Waals surface area contributed by atoms with E-state index in [-0.39, 0.29) is 6.07 Å². The third-order valence-corrected chi connectivity index (χ3v) is 2.42. The second-order valence-electron chi connectivity index (χ2n) is 3.78. The van der Waals surface area contributed by atoms with Gasteiger partial charge in [-0.15, -0.1) is 13.2 Å². The lowest BCUT2D eigenvalue weighted by molar-refractivity contribution is -0.348. The van der Waals surface area contributed by atoms with E-state index in [1.165, 1.54) is 6.07 Å². The topological polar surface area (TPSA) is 9.23 Å². The summed E-state index contributed by atoms with van der Waals surface area (Å²) in [5.41, 5.74) is -8.14. The molecule has 0 saturated heterocycles. The smallest absolute Gasteiger partial charge is 0.405 e. The van der Waals surface area contributed by atoms with E-state index < -0.39 is 46.8 Å². The van der Waals surface area contributed by atoms with Gasteiger partial charge in [0.1, 0.15) is 5.75 Å². The lowest BCUT2D eigenvalue weighted by Crippen LogP contribution is -2.50. The molecular formula is C10H2ClF10O. The number of rotatable bonds is 2. The van der Waals surface area contributed by atoms with Gasteiger partial charge in [0, 0.05) is 11.6 Å². The van der Waals surface area contributed by atoms with Crippen LogP contribution in [-0.4, -0.2) is 18.7 Å². The summed E-state index contributed by atoms with van der Waals surface area (Å²) in [6, 6.07) is 0.924. The monoisotopic (exact) mass is 363 g/mol. The first kappa shape index (κ1) is 18.7. The van der Waals surface area contributed by atoms with Crippen molar-refractivity contribution in [1.82, 2.24) is 0 Å². The number of alkyl halides is 10. The minimum Gasteiger partial charge on any atom is -0.405 e. The van der Waals surface area contributed by atoms with Crippen LogP contribution >= 0.6 is 11.6 Å². The minimum atomic E-state index is -6.49. The predicted molar refractivity (Wildman–Crippen MR) is 51.9 cm³/mol. The standard InChI is InChI=1S/C10H2ClF10O/c11-5-1-4(2-6(3-5)22-10(19,20)21)7(12,8(13,14)15)9(16,17)18/h1-2H. The molecule has 1 aromatic rings. The number of ether oxygens (including phenoxy) is 1. The molecule has 1 rings (SSSR count). The number of benzene rings is 1. The SMILES string of the molecule is FC(F)(F)Oc1[c]c(Cl)cc(C(F)(C(F)(F)F)C(F)(F)F)c1. The third-order valence-electron chi connectivity index (χ3n) is 2.22. The number of halogens is 11. The van der Waals surface area contributed by atoms with Crippen molar-refractivity contribution in [3.8, 4) is 5.75 Å². The molecule has 0 aromatic heterocycles. The van der Waals surface area contributed by atoms with Crippen molar-refractivity contribution in [2.75, 3.05) is 0 Å². The van der Waals surface area contributed by atoms with Crippen LogP contribution in [-0.2, 0) is 5.67 Å².